The zero-order chi connectivity index (χ0) is 7.68. The SMILES string of the molecule is SC1C=CCC2C=CC=CC12. The smallest absolute Gasteiger partial charge is 0.0265 e. The molecule has 3 atom stereocenters. The van der Waals surface area contributed by atoms with Crippen molar-refractivity contribution in [1.82, 2.24) is 0 Å². The van der Waals surface area contributed by atoms with Crippen LogP contribution in [0.3, 0.4) is 0 Å². The molecule has 58 valence electrons. The number of rotatable bonds is 0. The number of fused-ring (bicyclic) bond motifs is 1. The van der Waals surface area contributed by atoms with Crippen molar-refractivity contribution < 1.29 is 0 Å². The van der Waals surface area contributed by atoms with Crippen LogP contribution in [0.25, 0.3) is 0 Å². The minimum Gasteiger partial charge on any atom is -0.171 e. The molecule has 0 N–H and O–H groups in total. The summed E-state index contributed by atoms with van der Waals surface area (Å²) in [6.07, 6.45) is 14.5. The van der Waals surface area contributed by atoms with Gasteiger partial charge in [-0.15, -0.1) is 0 Å². The van der Waals surface area contributed by atoms with Gasteiger partial charge in [-0.25, -0.2) is 0 Å². The monoisotopic (exact) mass is 164 g/mol. The molecule has 0 spiro atoms. The van der Waals surface area contributed by atoms with E-state index in [-0.39, 0.29) is 0 Å². The number of hydrogen-bond acceptors (Lipinski definition) is 1. The molecule has 0 aromatic heterocycles. The van der Waals surface area contributed by atoms with Gasteiger partial charge in [0.2, 0.25) is 0 Å². The zero-order valence-corrected chi connectivity index (χ0v) is 7.24. The Kier molecular flexibility index (Phi) is 1.91. The Morgan fingerprint density at radius 3 is 2.73 bits per heavy atom. The lowest BCUT2D eigenvalue weighted by Crippen LogP contribution is -2.23. The van der Waals surface area contributed by atoms with Gasteiger partial charge < -0.3 is 0 Å². The Labute approximate surface area is 73.1 Å². The molecular weight excluding hydrogens is 152 g/mol. The average Bonchev–Trinajstić information content (AvgIpc) is 2.06. The third kappa shape index (κ3) is 1.30. The van der Waals surface area contributed by atoms with E-state index in [9.17, 15) is 0 Å². The Morgan fingerprint density at radius 2 is 1.91 bits per heavy atom. The first-order chi connectivity index (χ1) is 5.38. The molecule has 2 aliphatic rings. The second kappa shape index (κ2) is 2.90. The van der Waals surface area contributed by atoms with E-state index < -0.39 is 0 Å². The number of thiol groups is 1. The van der Waals surface area contributed by atoms with Gasteiger partial charge in [-0.1, -0.05) is 36.5 Å². The molecule has 0 heterocycles. The molecule has 0 radical (unpaired) electrons. The van der Waals surface area contributed by atoms with Crippen molar-refractivity contribution in [3.63, 3.8) is 0 Å². The zero-order valence-electron chi connectivity index (χ0n) is 6.35. The van der Waals surface area contributed by atoms with Gasteiger partial charge >= 0.3 is 0 Å². The maximum absolute atomic E-state index is 4.51. The van der Waals surface area contributed by atoms with E-state index in [2.05, 4.69) is 49.1 Å². The summed E-state index contributed by atoms with van der Waals surface area (Å²) in [6.45, 7) is 0. The molecule has 11 heavy (non-hydrogen) atoms. The maximum atomic E-state index is 4.51. The van der Waals surface area contributed by atoms with Gasteiger partial charge in [0.05, 0.1) is 0 Å². The fraction of sp³-hybridized carbons (Fsp3) is 0.400. The standard InChI is InChI=1S/C10H12S/c11-10-7-3-5-8-4-1-2-6-9(8)10/h1-4,6-11H,5H2. The van der Waals surface area contributed by atoms with Crippen LogP contribution >= 0.6 is 12.6 Å². The van der Waals surface area contributed by atoms with Crippen LogP contribution in [0.5, 0.6) is 0 Å². The lowest BCUT2D eigenvalue weighted by molar-refractivity contribution is 0.470. The van der Waals surface area contributed by atoms with Crippen molar-refractivity contribution in [2.75, 3.05) is 0 Å². The highest BCUT2D eigenvalue weighted by atomic mass is 32.1. The van der Waals surface area contributed by atoms with Crippen molar-refractivity contribution in [3.8, 4) is 0 Å². The minimum atomic E-state index is 0.426. The minimum absolute atomic E-state index is 0.426. The topological polar surface area (TPSA) is 0 Å². The summed E-state index contributed by atoms with van der Waals surface area (Å²) in [5.41, 5.74) is 0. The van der Waals surface area contributed by atoms with Crippen molar-refractivity contribution in [2.45, 2.75) is 11.7 Å². The van der Waals surface area contributed by atoms with E-state index in [0.717, 1.165) is 0 Å². The molecule has 0 aromatic carbocycles. The lowest BCUT2D eigenvalue weighted by Gasteiger charge is -2.29. The molecule has 1 heteroatoms. The third-order valence-corrected chi connectivity index (χ3v) is 2.95. The number of allylic oxidation sites excluding steroid dienone is 5. The second-order valence-electron chi connectivity index (χ2n) is 3.17. The predicted octanol–water partition coefficient (Wildman–Crippen LogP) is 2.60. The highest BCUT2D eigenvalue weighted by Gasteiger charge is 2.25. The van der Waals surface area contributed by atoms with Crippen LogP contribution in [0.15, 0.2) is 36.5 Å². The molecule has 0 saturated carbocycles. The normalized spacial score (nSPS) is 40.6. The molecule has 0 aromatic rings. The molecule has 3 unspecified atom stereocenters. The average molecular weight is 164 g/mol. The second-order valence-corrected chi connectivity index (χ2v) is 3.76. The summed E-state index contributed by atoms with van der Waals surface area (Å²) in [5.74, 6) is 1.33. The van der Waals surface area contributed by atoms with E-state index in [4.69, 9.17) is 0 Å². The quantitative estimate of drug-likeness (QED) is 0.413. The van der Waals surface area contributed by atoms with Gasteiger partial charge in [-0.2, -0.15) is 12.6 Å². The molecular formula is C10H12S. The molecule has 0 amide bonds. The van der Waals surface area contributed by atoms with Crippen LogP contribution in [0, 0.1) is 11.8 Å². The van der Waals surface area contributed by atoms with Crippen molar-refractivity contribution in [1.29, 1.82) is 0 Å². The van der Waals surface area contributed by atoms with Gasteiger partial charge in [0.1, 0.15) is 0 Å². The Hall–Kier alpha value is -0.430. The fourth-order valence-corrected chi connectivity index (χ4v) is 2.22. The molecule has 0 nitrogen and oxygen atoms in total. The number of hydrogen-bond donors (Lipinski definition) is 1. The molecule has 0 fully saturated rings. The van der Waals surface area contributed by atoms with E-state index in [0.29, 0.717) is 17.1 Å². The van der Waals surface area contributed by atoms with E-state index in [1.54, 1.807) is 0 Å². The first-order valence-electron chi connectivity index (χ1n) is 4.07. The largest absolute Gasteiger partial charge is 0.171 e. The van der Waals surface area contributed by atoms with Crippen molar-refractivity contribution >= 4 is 12.6 Å². The van der Waals surface area contributed by atoms with E-state index in [1.807, 2.05) is 0 Å². The molecule has 2 aliphatic carbocycles. The molecule has 0 aliphatic heterocycles. The molecule has 2 rings (SSSR count). The van der Waals surface area contributed by atoms with Crippen LogP contribution < -0.4 is 0 Å². The van der Waals surface area contributed by atoms with Gasteiger partial charge in [-0.05, 0) is 18.3 Å². The predicted molar refractivity (Wildman–Crippen MR) is 51.8 cm³/mol. The molecule has 0 bridgehead atoms. The lowest BCUT2D eigenvalue weighted by atomic mass is 9.80. The summed E-state index contributed by atoms with van der Waals surface area (Å²) in [6, 6.07) is 0. The molecule has 0 saturated heterocycles. The van der Waals surface area contributed by atoms with E-state index >= 15 is 0 Å². The van der Waals surface area contributed by atoms with Crippen molar-refractivity contribution in [3.05, 3.63) is 36.5 Å². The Bertz CT molecular complexity index is 225. The van der Waals surface area contributed by atoms with Crippen LogP contribution in [0.1, 0.15) is 6.42 Å². The Balaban J connectivity index is 2.23. The van der Waals surface area contributed by atoms with Crippen molar-refractivity contribution in [2.24, 2.45) is 11.8 Å². The maximum Gasteiger partial charge on any atom is 0.0265 e. The van der Waals surface area contributed by atoms with Gasteiger partial charge in [-0.3, -0.25) is 0 Å². The van der Waals surface area contributed by atoms with Crippen LogP contribution in [-0.4, -0.2) is 5.25 Å². The Morgan fingerprint density at radius 1 is 1.09 bits per heavy atom. The first kappa shape index (κ1) is 7.23. The van der Waals surface area contributed by atoms with E-state index in [1.165, 1.54) is 6.42 Å². The van der Waals surface area contributed by atoms with Crippen LogP contribution in [0.4, 0.5) is 0 Å². The highest BCUT2D eigenvalue weighted by Crippen LogP contribution is 2.32. The van der Waals surface area contributed by atoms with Gasteiger partial charge in [0.25, 0.3) is 0 Å². The summed E-state index contributed by atoms with van der Waals surface area (Å²) < 4.78 is 0. The van der Waals surface area contributed by atoms with Crippen LogP contribution in [-0.2, 0) is 0 Å². The summed E-state index contributed by atoms with van der Waals surface area (Å²) >= 11 is 4.51. The fourth-order valence-electron chi connectivity index (χ4n) is 1.78. The van der Waals surface area contributed by atoms with Crippen LogP contribution in [0.2, 0.25) is 0 Å². The highest BCUT2D eigenvalue weighted by molar-refractivity contribution is 7.81. The van der Waals surface area contributed by atoms with Gasteiger partial charge in [0.15, 0.2) is 0 Å². The summed E-state index contributed by atoms with van der Waals surface area (Å²) in [4.78, 5) is 0. The third-order valence-electron chi connectivity index (χ3n) is 2.43. The summed E-state index contributed by atoms with van der Waals surface area (Å²) in [7, 11) is 0. The summed E-state index contributed by atoms with van der Waals surface area (Å²) in [5, 5.41) is 0.426. The van der Waals surface area contributed by atoms with Gasteiger partial charge in [0, 0.05) is 5.25 Å². The first-order valence-corrected chi connectivity index (χ1v) is 4.59.